The van der Waals surface area contributed by atoms with Gasteiger partial charge in [0.25, 0.3) is 0 Å². The summed E-state index contributed by atoms with van der Waals surface area (Å²) in [6.07, 6.45) is -10.6. The maximum atomic E-state index is 13.9. The van der Waals surface area contributed by atoms with Gasteiger partial charge in [-0.1, -0.05) is 64.3 Å². The van der Waals surface area contributed by atoms with Gasteiger partial charge >= 0.3 is 19.3 Å². The highest BCUT2D eigenvalue weighted by Crippen LogP contribution is 2.37. The van der Waals surface area contributed by atoms with Crippen LogP contribution >= 0.6 is 11.6 Å². The van der Waals surface area contributed by atoms with Crippen LogP contribution in [-0.2, 0) is 26.5 Å². The van der Waals surface area contributed by atoms with Gasteiger partial charge in [0.2, 0.25) is 0 Å². The van der Waals surface area contributed by atoms with E-state index in [0.717, 1.165) is 14.7 Å². The number of halogens is 10. The van der Waals surface area contributed by atoms with Crippen molar-refractivity contribution in [1.29, 1.82) is 0 Å². The van der Waals surface area contributed by atoms with Gasteiger partial charge < -0.3 is 12.9 Å². The lowest BCUT2D eigenvalue weighted by Crippen LogP contribution is -2.36. The molecule has 0 spiro atoms. The standard InChI is InChI=1S/C18H14ClOS.C8H3BF9/c19-15-11-13-18(14-12-15)21(20,16-7-3-1-4-8-16)17-9-5-2-6-10-17;10-7(11,12)4-1-5(8(13,14)15)3-6(2-4)9(16,17)18/h1-14H;1-3H/q+1;-1. The Kier molecular flexibility index (Phi) is 8.91. The van der Waals surface area contributed by atoms with Crippen molar-refractivity contribution in [3.63, 3.8) is 0 Å². The molecule has 0 radical (unpaired) electrons. The van der Waals surface area contributed by atoms with E-state index >= 15 is 0 Å². The van der Waals surface area contributed by atoms with Gasteiger partial charge in [0, 0.05) is 5.02 Å². The summed E-state index contributed by atoms with van der Waals surface area (Å²) >= 11 is 5.96. The summed E-state index contributed by atoms with van der Waals surface area (Å²) in [5.41, 5.74) is -5.89. The minimum Gasteiger partial charge on any atom is -0.445 e. The van der Waals surface area contributed by atoms with Crippen molar-refractivity contribution in [2.45, 2.75) is 27.0 Å². The minimum absolute atomic E-state index is 0.338. The van der Waals surface area contributed by atoms with Crippen LogP contribution in [0.15, 0.2) is 118 Å². The van der Waals surface area contributed by atoms with E-state index in [0.29, 0.717) is 5.02 Å². The molecule has 0 aliphatic carbocycles. The Hall–Kier alpha value is -3.25. The fourth-order valence-electron chi connectivity index (χ4n) is 3.43. The van der Waals surface area contributed by atoms with Crippen LogP contribution in [0.5, 0.6) is 0 Å². The van der Waals surface area contributed by atoms with Crippen LogP contribution in [0.1, 0.15) is 11.1 Å². The Morgan fingerprint density at radius 3 is 1.26 bits per heavy atom. The molecule has 0 aliphatic rings. The molecule has 13 heteroatoms. The van der Waals surface area contributed by atoms with E-state index in [1.54, 1.807) is 12.1 Å². The zero-order chi connectivity index (χ0) is 29.1. The summed E-state index contributed by atoms with van der Waals surface area (Å²) < 4.78 is 124. The van der Waals surface area contributed by atoms with Crippen LogP contribution in [0.3, 0.4) is 0 Å². The second kappa shape index (κ2) is 11.5. The van der Waals surface area contributed by atoms with Crippen molar-refractivity contribution < 1.29 is 43.5 Å². The highest BCUT2D eigenvalue weighted by Gasteiger charge is 2.39. The number of alkyl halides is 6. The van der Waals surface area contributed by atoms with Gasteiger partial charge in [-0.25, -0.2) is 0 Å². The summed E-state index contributed by atoms with van der Waals surface area (Å²) in [5, 5.41) is 0.640. The van der Waals surface area contributed by atoms with Crippen molar-refractivity contribution in [2.24, 2.45) is 0 Å². The molecular formula is C26H17BClF9OS. The van der Waals surface area contributed by atoms with Crippen molar-refractivity contribution in [3.8, 4) is 0 Å². The lowest BCUT2D eigenvalue weighted by Gasteiger charge is -2.19. The Bertz CT molecular complexity index is 1310. The monoisotopic (exact) mass is 594 g/mol. The SMILES string of the molecule is F[B-](F)(F)c1cc(C(F)(F)F)cc(C(F)(F)F)c1.O=[S+](c1ccccc1)(c1ccccc1)c1ccc(Cl)cc1. The van der Waals surface area contributed by atoms with Gasteiger partial charge in [0.15, 0.2) is 24.6 Å². The molecule has 1 nitrogen and oxygen atoms in total. The van der Waals surface area contributed by atoms with Crippen LogP contribution in [0.2, 0.25) is 5.02 Å². The van der Waals surface area contributed by atoms with Gasteiger partial charge in [0.05, 0.1) is 11.1 Å². The summed E-state index contributed by atoms with van der Waals surface area (Å²) in [7, 11) is -2.50. The zero-order valence-corrected chi connectivity index (χ0v) is 21.1. The normalized spacial score (nSPS) is 12.5. The Balaban J connectivity index is 0.000000219. The Morgan fingerprint density at radius 2 is 0.923 bits per heavy atom. The summed E-state index contributed by atoms with van der Waals surface area (Å²) in [5.74, 6) is 0. The fraction of sp³-hybridized carbons (Fsp3) is 0.0769. The fourth-order valence-corrected chi connectivity index (χ4v) is 5.97. The van der Waals surface area contributed by atoms with Crippen molar-refractivity contribution in [2.75, 3.05) is 0 Å². The maximum absolute atomic E-state index is 13.9. The molecule has 0 atom stereocenters. The molecule has 4 rings (SSSR count). The van der Waals surface area contributed by atoms with E-state index < -0.39 is 45.9 Å². The van der Waals surface area contributed by atoms with Crippen molar-refractivity contribution in [1.82, 2.24) is 0 Å². The molecule has 0 aliphatic heterocycles. The first kappa shape index (κ1) is 30.3. The molecular weight excluding hydrogens is 578 g/mol. The van der Waals surface area contributed by atoms with Crippen LogP contribution in [0.4, 0.5) is 39.3 Å². The Labute approximate surface area is 223 Å². The highest BCUT2D eigenvalue weighted by molar-refractivity contribution is 8.03. The quantitative estimate of drug-likeness (QED) is 0.131. The molecule has 0 fully saturated rings. The smallest absolute Gasteiger partial charge is 0.445 e. The third-order valence-corrected chi connectivity index (χ3v) is 8.34. The van der Waals surface area contributed by atoms with Crippen LogP contribution in [-0.4, -0.2) is 6.98 Å². The van der Waals surface area contributed by atoms with Gasteiger partial charge in [-0.2, -0.15) is 26.3 Å². The molecule has 0 aromatic heterocycles. The largest absolute Gasteiger partial charge is 0.509 e. The molecule has 0 N–H and O–H groups in total. The van der Waals surface area contributed by atoms with Gasteiger partial charge in [-0.3, -0.25) is 0 Å². The molecule has 0 amide bonds. The van der Waals surface area contributed by atoms with Crippen LogP contribution in [0.25, 0.3) is 0 Å². The topological polar surface area (TPSA) is 17.1 Å². The van der Waals surface area contributed by atoms with Crippen LogP contribution in [0, 0.1) is 0 Å². The molecule has 0 heterocycles. The van der Waals surface area contributed by atoms with E-state index in [9.17, 15) is 43.5 Å². The van der Waals surface area contributed by atoms with E-state index in [-0.39, 0.29) is 18.2 Å². The molecule has 4 aromatic rings. The molecule has 0 saturated carbocycles. The highest BCUT2D eigenvalue weighted by atomic mass is 35.5. The third-order valence-electron chi connectivity index (χ3n) is 5.28. The average Bonchev–Trinajstić information content (AvgIpc) is 2.88. The molecule has 4 aromatic carbocycles. The maximum Gasteiger partial charge on any atom is 0.509 e. The first-order valence-electron chi connectivity index (χ1n) is 10.9. The molecule has 0 saturated heterocycles. The third kappa shape index (κ3) is 7.45. The molecule has 0 bridgehead atoms. The first-order valence-corrected chi connectivity index (χ1v) is 12.9. The lowest BCUT2D eigenvalue weighted by molar-refractivity contribution is -0.142. The number of rotatable bonds is 4. The van der Waals surface area contributed by atoms with Crippen molar-refractivity contribution >= 4 is 34.0 Å². The van der Waals surface area contributed by atoms with E-state index in [1.807, 2.05) is 72.8 Å². The average molecular weight is 595 g/mol. The van der Waals surface area contributed by atoms with Crippen LogP contribution < -0.4 is 5.46 Å². The summed E-state index contributed by atoms with van der Waals surface area (Å²) in [6, 6.07) is 25.3. The van der Waals surface area contributed by atoms with Gasteiger partial charge in [-0.15, -0.1) is 5.46 Å². The number of benzene rings is 4. The molecule has 39 heavy (non-hydrogen) atoms. The summed E-state index contributed by atoms with van der Waals surface area (Å²) in [4.78, 5) is 2.38. The molecule has 206 valence electrons. The Morgan fingerprint density at radius 1 is 0.564 bits per heavy atom. The molecule has 0 unspecified atom stereocenters. The number of hydrogen-bond acceptors (Lipinski definition) is 1. The van der Waals surface area contributed by atoms with E-state index in [1.165, 1.54) is 0 Å². The van der Waals surface area contributed by atoms with Gasteiger partial charge in [0.1, 0.15) is 0 Å². The first-order chi connectivity index (χ1) is 18.0. The van der Waals surface area contributed by atoms with Gasteiger partial charge in [-0.05, 0) is 54.6 Å². The summed E-state index contributed by atoms with van der Waals surface area (Å²) in [6.45, 7) is -5.95. The number of hydrogen-bond donors (Lipinski definition) is 0. The van der Waals surface area contributed by atoms with E-state index in [2.05, 4.69) is 0 Å². The second-order valence-corrected chi connectivity index (χ2v) is 11.0. The van der Waals surface area contributed by atoms with E-state index in [4.69, 9.17) is 11.6 Å². The second-order valence-electron chi connectivity index (χ2n) is 8.05. The lowest BCUT2D eigenvalue weighted by atomic mass is 9.78. The minimum atomic E-state index is -5.95. The predicted molar refractivity (Wildman–Crippen MR) is 132 cm³/mol. The predicted octanol–water partition coefficient (Wildman–Crippen LogP) is 9.10. The van der Waals surface area contributed by atoms with Crippen molar-refractivity contribution in [3.05, 3.63) is 119 Å². The zero-order valence-electron chi connectivity index (χ0n) is 19.5.